The summed E-state index contributed by atoms with van der Waals surface area (Å²) in [4.78, 5) is 16.4. The van der Waals surface area contributed by atoms with Gasteiger partial charge in [-0.05, 0) is 42.7 Å². The van der Waals surface area contributed by atoms with Crippen LogP contribution in [0.15, 0.2) is 55.1 Å². The van der Waals surface area contributed by atoms with Gasteiger partial charge in [0.2, 0.25) is 5.91 Å². The zero-order valence-electron chi connectivity index (χ0n) is 17.7. The first-order valence-electron chi connectivity index (χ1n) is 10.3. The van der Waals surface area contributed by atoms with E-state index in [0.29, 0.717) is 19.6 Å². The normalized spacial score (nSPS) is 10.7. The minimum absolute atomic E-state index is 0.0175. The van der Waals surface area contributed by atoms with Crippen molar-refractivity contribution in [2.45, 2.75) is 39.3 Å². The Kier molecular flexibility index (Phi) is 7.49. The van der Waals surface area contributed by atoms with Crippen molar-refractivity contribution in [3.05, 3.63) is 66.5 Å². The van der Waals surface area contributed by atoms with Crippen molar-refractivity contribution in [2.75, 3.05) is 13.7 Å². The van der Waals surface area contributed by atoms with E-state index in [4.69, 9.17) is 9.47 Å². The summed E-state index contributed by atoms with van der Waals surface area (Å²) in [5.74, 6) is 2.33. The fourth-order valence-electron chi connectivity index (χ4n) is 3.34. The van der Waals surface area contributed by atoms with Gasteiger partial charge in [-0.15, -0.1) is 6.58 Å². The van der Waals surface area contributed by atoms with Gasteiger partial charge in [0.25, 0.3) is 0 Å². The molecule has 0 fully saturated rings. The van der Waals surface area contributed by atoms with Gasteiger partial charge in [0, 0.05) is 13.0 Å². The number of nitrogens with zero attached hydrogens (tertiary/aromatic N) is 2. The topological polar surface area (TPSA) is 65.4 Å². The molecule has 0 atom stereocenters. The summed E-state index contributed by atoms with van der Waals surface area (Å²) in [6, 6.07) is 14.0. The smallest absolute Gasteiger partial charge is 0.220 e. The Morgan fingerprint density at radius 1 is 1.23 bits per heavy atom. The number of allylic oxidation sites excluding steroid dienone is 1. The van der Waals surface area contributed by atoms with E-state index in [2.05, 4.69) is 27.5 Å². The summed E-state index contributed by atoms with van der Waals surface area (Å²) in [6.07, 6.45) is 3.92. The molecule has 6 heteroatoms. The van der Waals surface area contributed by atoms with Crippen LogP contribution in [0.2, 0.25) is 0 Å². The largest absolute Gasteiger partial charge is 0.493 e. The molecule has 0 unspecified atom stereocenters. The van der Waals surface area contributed by atoms with Crippen molar-refractivity contribution >= 4 is 16.9 Å². The molecule has 30 heavy (non-hydrogen) atoms. The number of aromatic nitrogens is 2. The Hall–Kier alpha value is -3.28. The molecule has 0 aliphatic carbocycles. The number of carbonyl (C=O) groups excluding carboxylic acids is 1. The third-order valence-corrected chi connectivity index (χ3v) is 4.89. The maximum absolute atomic E-state index is 11.7. The lowest BCUT2D eigenvalue weighted by Crippen LogP contribution is -2.23. The number of imidazole rings is 1. The quantitative estimate of drug-likeness (QED) is 0.381. The highest BCUT2D eigenvalue weighted by Gasteiger charge is 2.11. The SMILES string of the molecule is C=CCc1ccc(OCCCn2c(CNC(=O)CC)nc3ccccc32)c(OC)c1. The number of methoxy groups -OCH3 is 1. The number of carbonyl (C=O) groups is 1. The third kappa shape index (κ3) is 5.20. The zero-order valence-corrected chi connectivity index (χ0v) is 17.7. The van der Waals surface area contributed by atoms with Gasteiger partial charge in [-0.25, -0.2) is 4.98 Å². The predicted molar refractivity (Wildman–Crippen MR) is 119 cm³/mol. The van der Waals surface area contributed by atoms with E-state index >= 15 is 0 Å². The van der Waals surface area contributed by atoms with Crippen molar-refractivity contribution < 1.29 is 14.3 Å². The van der Waals surface area contributed by atoms with Crippen LogP contribution in [0.1, 0.15) is 31.2 Å². The molecule has 0 aliphatic rings. The number of benzene rings is 2. The molecule has 0 saturated heterocycles. The van der Waals surface area contributed by atoms with Gasteiger partial charge in [-0.1, -0.05) is 31.2 Å². The molecule has 0 spiro atoms. The number of hydrogen-bond donors (Lipinski definition) is 1. The van der Waals surface area contributed by atoms with E-state index in [9.17, 15) is 4.79 Å². The predicted octanol–water partition coefficient (Wildman–Crippen LogP) is 4.27. The Balaban J connectivity index is 1.65. The molecular weight excluding hydrogens is 378 g/mol. The van der Waals surface area contributed by atoms with E-state index in [1.807, 2.05) is 49.4 Å². The number of fused-ring (bicyclic) bond motifs is 1. The van der Waals surface area contributed by atoms with Crippen molar-refractivity contribution in [3.63, 3.8) is 0 Å². The van der Waals surface area contributed by atoms with Crippen LogP contribution >= 0.6 is 0 Å². The molecule has 2 aromatic carbocycles. The van der Waals surface area contributed by atoms with Gasteiger partial charge < -0.3 is 19.4 Å². The van der Waals surface area contributed by atoms with Gasteiger partial charge in [-0.2, -0.15) is 0 Å². The molecular formula is C24H29N3O3. The molecule has 0 bridgehead atoms. The minimum atomic E-state index is 0.0175. The fourth-order valence-corrected chi connectivity index (χ4v) is 3.34. The molecule has 3 aromatic rings. The summed E-state index contributed by atoms with van der Waals surface area (Å²) < 4.78 is 13.6. The highest BCUT2D eigenvalue weighted by molar-refractivity contribution is 5.77. The van der Waals surface area contributed by atoms with E-state index in [0.717, 1.165) is 53.3 Å². The fraction of sp³-hybridized carbons (Fsp3) is 0.333. The van der Waals surface area contributed by atoms with Crippen molar-refractivity contribution in [2.24, 2.45) is 0 Å². The molecule has 1 amide bonds. The van der Waals surface area contributed by atoms with Crippen molar-refractivity contribution in [3.8, 4) is 11.5 Å². The maximum Gasteiger partial charge on any atom is 0.220 e. The first-order valence-corrected chi connectivity index (χ1v) is 10.3. The molecule has 1 heterocycles. The second-order valence-electron chi connectivity index (χ2n) is 6.98. The molecule has 3 rings (SSSR count). The van der Waals surface area contributed by atoms with E-state index in [1.165, 1.54) is 0 Å². The van der Waals surface area contributed by atoms with Crippen LogP contribution in [-0.4, -0.2) is 29.2 Å². The van der Waals surface area contributed by atoms with Crippen LogP contribution in [0.4, 0.5) is 0 Å². The molecule has 1 N–H and O–H groups in total. The summed E-state index contributed by atoms with van der Waals surface area (Å²) >= 11 is 0. The lowest BCUT2D eigenvalue weighted by Gasteiger charge is -2.13. The summed E-state index contributed by atoms with van der Waals surface area (Å²) in [7, 11) is 1.65. The Labute approximate surface area is 177 Å². The van der Waals surface area contributed by atoms with E-state index < -0.39 is 0 Å². The van der Waals surface area contributed by atoms with Crippen LogP contribution < -0.4 is 14.8 Å². The first-order chi connectivity index (χ1) is 14.7. The second kappa shape index (κ2) is 10.5. The van der Waals surface area contributed by atoms with Crippen LogP contribution in [0.3, 0.4) is 0 Å². The Morgan fingerprint density at radius 2 is 2.07 bits per heavy atom. The molecule has 0 aliphatic heterocycles. The highest BCUT2D eigenvalue weighted by atomic mass is 16.5. The minimum Gasteiger partial charge on any atom is -0.493 e. The molecule has 1 aromatic heterocycles. The zero-order chi connectivity index (χ0) is 21.3. The summed E-state index contributed by atoms with van der Waals surface area (Å²) in [5, 5.41) is 2.92. The van der Waals surface area contributed by atoms with Gasteiger partial charge in [0.1, 0.15) is 5.82 Å². The average Bonchev–Trinajstić information content (AvgIpc) is 3.13. The maximum atomic E-state index is 11.7. The van der Waals surface area contributed by atoms with Gasteiger partial charge >= 0.3 is 0 Å². The highest BCUT2D eigenvalue weighted by Crippen LogP contribution is 2.28. The number of ether oxygens (including phenoxy) is 2. The number of rotatable bonds is 11. The molecule has 6 nitrogen and oxygen atoms in total. The number of aryl methyl sites for hydroxylation is 1. The number of para-hydroxylation sites is 2. The van der Waals surface area contributed by atoms with Crippen LogP contribution in [0.5, 0.6) is 11.5 Å². The van der Waals surface area contributed by atoms with Crippen LogP contribution in [0, 0.1) is 0 Å². The van der Waals surface area contributed by atoms with Crippen molar-refractivity contribution in [1.29, 1.82) is 0 Å². The molecule has 0 radical (unpaired) electrons. The Bertz CT molecular complexity index is 1010. The van der Waals surface area contributed by atoms with Gasteiger partial charge in [0.15, 0.2) is 11.5 Å². The monoisotopic (exact) mass is 407 g/mol. The molecule has 158 valence electrons. The number of hydrogen-bond acceptors (Lipinski definition) is 4. The summed E-state index contributed by atoms with van der Waals surface area (Å²) in [5.41, 5.74) is 3.13. The lowest BCUT2D eigenvalue weighted by molar-refractivity contribution is -0.120. The lowest BCUT2D eigenvalue weighted by atomic mass is 10.1. The van der Waals surface area contributed by atoms with Crippen LogP contribution in [-0.2, 0) is 24.3 Å². The van der Waals surface area contributed by atoms with Crippen molar-refractivity contribution in [1.82, 2.24) is 14.9 Å². The third-order valence-electron chi connectivity index (χ3n) is 4.89. The standard InChI is InChI=1S/C24H29N3O3/c1-4-9-18-12-13-21(22(16-18)29-3)30-15-8-14-27-20-11-7-6-10-19(20)26-23(27)17-25-24(28)5-2/h4,6-7,10-13,16H,1,5,8-9,14-15,17H2,2-3H3,(H,25,28). The average molecular weight is 408 g/mol. The second-order valence-corrected chi connectivity index (χ2v) is 6.98. The van der Waals surface area contributed by atoms with Gasteiger partial charge in [-0.3, -0.25) is 4.79 Å². The molecule has 0 saturated carbocycles. The number of amides is 1. The first kappa shape index (κ1) is 21.4. The van der Waals surface area contributed by atoms with E-state index in [1.54, 1.807) is 7.11 Å². The summed E-state index contributed by atoms with van der Waals surface area (Å²) in [6.45, 7) is 7.32. The van der Waals surface area contributed by atoms with E-state index in [-0.39, 0.29) is 5.91 Å². The number of nitrogens with one attached hydrogen (secondary N) is 1. The van der Waals surface area contributed by atoms with Gasteiger partial charge in [0.05, 0.1) is 31.3 Å². The Morgan fingerprint density at radius 3 is 2.83 bits per heavy atom. The van der Waals surface area contributed by atoms with Crippen LogP contribution in [0.25, 0.3) is 11.0 Å².